The molecule has 3 nitrogen and oxygen atoms in total. The Kier molecular flexibility index (Phi) is 4.71. The molecule has 0 spiro atoms. The van der Waals surface area contributed by atoms with Crippen molar-refractivity contribution in [3.8, 4) is 0 Å². The zero-order valence-electron chi connectivity index (χ0n) is 13.4. The molecular weight excluding hydrogens is 248 g/mol. The summed E-state index contributed by atoms with van der Waals surface area (Å²) in [5.41, 5.74) is 2.97. The quantitative estimate of drug-likeness (QED) is 0.918. The lowest BCUT2D eigenvalue weighted by Gasteiger charge is -2.35. The van der Waals surface area contributed by atoms with Gasteiger partial charge in [0.15, 0.2) is 0 Å². The van der Waals surface area contributed by atoms with Crippen LogP contribution in [0.1, 0.15) is 33.3 Å². The van der Waals surface area contributed by atoms with Crippen molar-refractivity contribution in [1.29, 1.82) is 0 Å². The third kappa shape index (κ3) is 3.53. The van der Waals surface area contributed by atoms with Gasteiger partial charge in [-0.15, -0.1) is 0 Å². The first-order valence-corrected chi connectivity index (χ1v) is 7.51. The van der Waals surface area contributed by atoms with Crippen molar-refractivity contribution < 1.29 is 4.74 Å². The van der Waals surface area contributed by atoms with Crippen molar-refractivity contribution in [3.05, 3.63) is 29.8 Å². The van der Waals surface area contributed by atoms with Crippen LogP contribution < -0.4 is 10.2 Å². The molecule has 0 saturated heterocycles. The highest BCUT2D eigenvalue weighted by Crippen LogP contribution is 2.29. The van der Waals surface area contributed by atoms with Crippen molar-refractivity contribution >= 4 is 5.69 Å². The van der Waals surface area contributed by atoms with Gasteiger partial charge < -0.3 is 15.0 Å². The fourth-order valence-electron chi connectivity index (χ4n) is 2.72. The van der Waals surface area contributed by atoms with E-state index in [0.29, 0.717) is 6.04 Å². The summed E-state index contributed by atoms with van der Waals surface area (Å²) in [4.78, 5) is 2.47. The summed E-state index contributed by atoms with van der Waals surface area (Å²) < 4.78 is 5.47. The van der Waals surface area contributed by atoms with E-state index in [1.165, 1.54) is 11.3 Å². The largest absolute Gasteiger partial charge is 0.380 e. The molecule has 0 fully saturated rings. The topological polar surface area (TPSA) is 24.5 Å². The van der Waals surface area contributed by atoms with Gasteiger partial charge >= 0.3 is 0 Å². The van der Waals surface area contributed by atoms with E-state index in [9.17, 15) is 0 Å². The maximum Gasteiger partial charge on any atom is 0.0718 e. The molecule has 20 heavy (non-hydrogen) atoms. The predicted molar refractivity (Wildman–Crippen MR) is 85.2 cm³/mol. The standard InChI is InChI=1S/C17H28N2O/c1-13(20-5)11-19-12-16(17(2,3)4)18-10-14-8-6-7-9-15(14)19/h6-9,13,16,18H,10-12H2,1-5H3. The summed E-state index contributed by atoms with van der Waals surface area (Å²) in [6, 6.07) is 9.16. The van der Waals surface area contributed by atoms with Crippen LogP contribution in [0.2, 0.25) is 0 Å². The molecule has 0 bridgehead atoms. The Morgan fingerprint density at radius 1 is 1.35 bits per heavy atom. The molecule has 1 aliphatic rings. The van der Waals surface area contributed by atoms with Crippen molar-refractivity contribution in [2.75, 3.05) is 25.1 Å². The molecule has 0 amide bonds. The number of benzene rings is 1. The normalized spacial score (nSPS) is 21.2. The van der Waals surface area contributed by atoms with Crippen molar-refractivity contribution in [2.45, 2.75) is 46.4 Å². The summed E-state index contributed by atoms with van der Waals surface area (Å²) in [6.45, 7) is 11.9. The molecule has 1 aromatic rings. The van der Waals surface area contributed by atoms with E-state index in [1.54, 1.807) is 7.11 Å². The molecule has 0 saturated carbocycles. The number of methoxy groups -OCH3 is 1. The van der Waals surface area contributed by atoms with Crippen molar-refractivity contribution in [3.63, 3.8) is 0 Å². The van der Waals surface area contributed by atoms with E-state index in [2.05, 4.69) is 62.2 Å². The highest BCUT2D eigenvalue weighted by molar-refractivity contribution is 5.54. The van der Waals surface area contributed by atoms with Gasteiger partial charge in [-0.3, -0.25) is 0 Å². The van der Waals surface area contributed by atoms with Gasteiger partial charge in [-0.1, -0.05) is 39.0 Å². The van der Waals surface area contributed by atoms with Gasteiger partial charge in [0, 0.05) is 38.5 Å². The van der Waals surface area contributed by atoms with Crippen LogP contribution in [0.25, 0.3) is 0 Å². The Morgan fingerprint density at radius 3 is 2.70 bits per heavy atom. The Bertz CT molecular complexity index is 439. The fourth-order valence-corrected chi connectivity index (χ4v) is 2.72. The number of rotatable bonds is 3. The lowest BCUT2D eigenvalue weighted by molar-refractivity contribution is 0.121. The number of para-hydroxylation sites is 1. The van der Waals surface area contributed by atoms with Crippen LogP contribution in [0.3, 0.4) is 0 Å². The van der Waals surface area contributed by atoms with E-state index in [4.69, 9.17) is 4.74 Å². The molecule has 2 rings (SSSR count). The monoisotopic (exact) mass is 276 g/mol. The summed E-state index contributed by atoms with van der Waals surface area (Å²) >= 11 is 0. The second-order valence-electron chi connectivity index (χ2n) is 6.88. The minimum atomic E-state index is 0.238. The molecule has 1 aliphatic heterocycles. The first-order valence-electron chi connectivity index (χ1n) is 7.51. The minimum absolute atomic E-state index is 0.238. The number of nitrogens with one attached hydrogen (secondary N) is 1. The van der Waals surface area contributed by atoms with E-state index < -0.39 is 0 Å². The highest BCUT2D eigenvalue weighted by Gasteiger charge is 2.30. The van der Waals surface area contributed by atoms with Gasteiger partial charge in [-0.05, 0) is 24.0 Å². The molecule has 1 aromatic carbocycles. The van der Waals surface area contributed by atoms with Gasteiger partial charge in [0.25, 0.3) is 0 Å². The van der Waals surface area contributed by atoms with Crippen molar-refractivity contribution in [1.82, 2.24) is 5.32 Å². The number of hydrogen-bond acceptors (Lipinski definition) is 3. The number of nitrogens with zero attached hydrogens (tertiary/aromatic N) is 1. The minimum Gasteiger partial charge on any atom is -0.380 e. The average molecular weight is 276 g/mol. The Labute approximate surface area is 123 Å². The SMILES string of the molecule is COC(C)CN1CC(C(C)(C)C)NCc2ccccc21. The molecule has 2 atom stereocenters. The second kappa shape index (κ2) is 6.15. The average Bonchev–Trinajstić information content (AvgIpc) is 2.58. The third-order valence-corrected chi connectivity index (χ3v) is 4.20. The molecule has 1 heterocycles. The zero-order valence-corrected chi connectivity index (χ0v) is 13.4. The van der Waals surface area contributed by atoms with Crippen LogP contribution in [0.4, 0.5) is 5.69 Å². The van der Waals surface area contributed by atoms with Crippen molar-refractivity contribution in [2.24, 2.45) is 5.41 Å². The van der Waals surface area contributed by atoms with Crippen LogP contribution in [-0.2, 0) is 11.3 Å². The number of hydrogen-bond donors (Lipinski definition) is 1. The maximum atomic E-state index is 5.47. The molecular formula is C17H28N2O. The lowest BCUT2D eigenvalue weighted by Crippen LogP contribution is -2.48. The lowest BCUT2D eigenvalue weighted by atomic mass is 9.86. The predicted octanol–water partition coefficient (Wildman–Crippen LogP) is 3.05. The Balaban J connectivity index is 2.27. The first-order chi connectivity index (χ1) is 9.41. The molecule has 112 valence electrons. The summed E-state index contributed by atoms with van der Waals surface area (Å²) in [5, 5.41) is 3.72. The van der Waals surface area contributed by atoms with Gasteiger partial charge in [-0.25, -0.2) is 0 Å². The van der Waals surface area contributed by atoms with E-state index in [1.807, 2.05) is 0 Å². The Hall–Kier alpha value is -1.06. The molecule has 0 aromatic heterocycles. The van der Waals surface area contributed by atoms with Gasteiger partial charge in [-0.2, -0.15) is 0 Å². The Morgan fingerprint density at radius 2 is 2.05 bits per heavy atom. The number of anilines is 1. The van der Waals surface area contributed by atoms with Crippen LogP contribution >= 0.6 is 0 Å². The number of fused-ring (bicyclic) bond motifs is 1. The van der Waals surface area contributed by atoms with Crippen LogP contribution in [-0.4, -0.2) is 32.3 Å². The van der Waals surface area contributed by atoms with Gasteiger partial charge in [0.05, 0.1) is 6.10 Å². The molecule has 1 N–H and O–H groups in total. The summed E-state index contributed by atoms with van der Waals surface area (Å²) in [5.74, 6) is 0. The first kappa shape index (κ1) is 15.3. The van der Waals surface area contributed by atoms with Gasteiger partial charge in [0.1, 0.15) is 0 Å². The highest BCUT2D eigenvalue weighted by atomic mass is 16.5. The zero-order chi connectivity index (χ0) is 14.8. The third-order valence-electron chi connectivity index (χ3n) is 4.20. The summed E-state index contributed by atoms with van der Waals surface area (Å²) in [7, 11) is 1.79. The maximum absolute atomic E-state index is 5.47. The molecule has 3 heteroatoms. The second-order valence-corrected chi connectivity index (χ2v) is 6.88. The van der Waals surface area contributed by atoms with E-state index >= 15 is 0 Å². The van der Waals surface area contributed by atoms with Gasteiger partial charge in [0.2, 0.25) is 0 Å². The molecule has 0 aliphatic carbocycles. The van der Waals surface area contributed by atoms with E-state index in [-0.39, 0.29) is 11.5 Å². The number of ether oxygens (including phenoxy) is 1. The van der Waals surface area contributed by atoms with Crippen LogP contribution in [0.5, 0.6) is 0 Å². The summed E-state index contributed by atoms with van der Waals surface area (Å²) in [6.07, 6.45) is 0.238. The van der Waals surface area contributed by atoms with Crippen LogP contribution in [0, 0.1) is 5.41 Å². The smallest absolute Gasteiger partial charge is 0.0718 e. The molecule has 0 radical (unpaired) electrons. The molecule has 2 unspecified atom stereocenters. The fraction of sp³-hybridized carbons (Fsp3) is 0.647. The van der Waals surface area contributed by atoms with E-state index in [0.717, 1.165) is 19.6 Å². The van der Waals surface area contributed by atoms with Crippen LogP contribution in [0.15, 0.2) is 24.3 Å².